The van der Waals surface area contributed by atoms with Gasteiger partial charge in [-0.05, 0) is 37.0 Å². The standard InChI is InChI=1S/C16H23ClN2O3S/c1-11-5-4-6-13(9-11)18-16(20)12-7-8-14(17)15(10-12)23(21,22)19(2)3/h7-8,10-11,13H,4-6,9H2,1-3H3,(H,18,20). The third kappa shape index (κ3) is 4.25. The molecule has 1 aromatic rings. The molecule has 2 unspecified atom stereocenters. The summed E-state index contributed by atoms with van der Waals surface area (Å²) in [6, 6.07) is 4.50. The Labute approximate surface area is 143 Å². The normalized spacial score (nSPS) is 22.1. The van der Waals surface area contributed by atoms with Crippen LogP contribution in [-0.4, -0.2) is 38.8 Å². The van der Waals surface area contributed by atoms with Gasteiger partial charge in [0.15, 0.2) is 0 Å². The Morgan fingerprint density at radius 2 is 2.00 bits per heavy atom. The van der Waals surface area contributed by atoms with Gasteiger partial charge in [0, 0.05) is 25.7 Å². The number of rotatable bonds is 4. The summed E-state index contributed by atoms with van der Waals surface area (Å²) in [4.78, 5) is 12.4. The Kier molecular flexibility index (Phi) is 5.70. The van der Waals surface area contributed by atoms with Crippen molar-refractivity contribution < 1.29 is 13.2 Å². The van der Waals surface area contributed by atoms with Crippen molar-refractivity contribution in [1.29, 1.82) is 0 Å². The fourth-order valence-electron chi connectivity index (χ4n) is 2.87. The van der Waals surface area contributed by atoms with Crippen LogP contribution in [0, 0.1) is 5.92 Å². The maximum atomic E-state index is 12.4. The second-order valence-corrected chi connectivity index (χ2v) is 8.90. The zero-order chi connectivity index (χ0) is 17.2. The largest absolute Gasteiger partial charge is 0.349 e. The minimum atomic E-state index is -3.68. The van der Waals surface area contributed by atoms with Crippen molar-refractivity contribution in [2.75, 3.05) is 14.1 Å². The monoisotopic (exact) mass is 358 g/mol. The molecule has 1 aliphatic rings. The van der Waals surface area contributed by atoms with Gasteiger partial charge < -0.3 is 5.32 Å². The number of hydrogen-bond donors (Lipinski definition) is 1. The topological polar surface area (TPSA) is 66.5 Å². The number of carbonyl (C=O) groups is 1. The van der Waals surface area contributed by atoms with E-state index in [1.54, 1.807) is 6.07 Å². The fraction of sp³-hybridized carbons (Fsp3) is 0.562. The first kappa shape index (κ1) is 18.2. The molecule has 2 atom stereocenters. The second kappa shape index (κ2) is 7.20. The first-order chi connectivity index (χ1) is 10.7. The third-order valence-electron chi connectivity index (χ3n) is 4.22. The van der Waals surface area contributed by atoms with Crippen LogP contribution in [0.2, 0.25) is 5.02 Å². The molecule has 1 N–H and O–H groups in total. The molecule has 0 aromatic heterocycles. The molecule has 1 amide bonds. The molecule has 0 radical (unpaired) electrons. The number of carbonyl (C=O) groups excluding carboxylic acids is 1. The number of nitrogens with zero attached hydrogens (tertiary/aromatic N) is 1. The number of benzene rings is 1. The average Bonchev–Trinajstić information content (AvgIpc) is 2.47. The van der Waals surface area contributed by atoms with E-state index in [0.29, 0.717) is 11.5 Å². The Bertz CT molecular complexity index is 689. The molecule has 1 aliphatic carbocycles. The van der Waals surface area contributed by atoms with E-state index >= 15 is 0 Å². The molecule has 1 aromatic carbocycles. The number of amides is 1. The molecular formula is C16H23ClN2O3S. The molecule has 0 aliphatic heterocycles. The highest BCUT2D eigenvalue weighted by Crippen LogP contribution is 2.26. The minimum Gasteiger partial charge on any atom is -0.349 e. The van der Waals surface area contributed by atoms with Crippen LogP contribution in [-0.2, 0) is 10.0 Å². The lowest BCUT2D eigenvalue weighted by Gasteiger charge is -2.27. The van der Waals surface area contributed by atoms with Gasteiger partial charge in [-0.25, -0.2) is 12.7 Å². The number of nitrogens with one attached hydrogen (secondary N) is 1. The van der Waals surface area contributed by atoms with Crippen LogP contribution in [0.3, 0.4) is 0 Å². The number of sulfonamides is 1. The zero-order valence-corrected chi connectivity index (χ0v) is 15.2. The van der Waals surface area contributed by atoms with E-state index in [-0.39, 0.29) is 21.9 Å². The van der Waals surface area contributed by atoms with Gasteiger partial charge in [-0.3, -0.25) is 4.79 Å². The van der Waals surface area contributed by atoms with Crippen molar-refractivity contribution in [1.82, 2.24) is 9.62 Å². The van der Waals surface area contributed by atoms with E-state index in [9.17, 15) is 13.2 Å². The second-order valence-electron chi connectivity index (χ2n) is 6.37. The average molecular weight is 359 g/mol. The lowest BCUT2D eigenvalue weighted by atomic mass is 9.87. The Morgan fingerprint density at radius 3 is 2.61 bits per heavy atom. The Hall–Kier alpha value is -1.11. The Balaban J connectivity index is 2.22. The summed E-state index contributed by atoms with van der Waals surface area (Å²) < 4.78 is 25.6. The first-order valence-corrected chi connectivity index (χ1v) is 9.56. The van der Waals surface area contributed by atoms with Crippen LogP contribution in [0.15, 0.2) is 23.1 Å². The first-order valence-electron chi connectivity index (χ1n) is 7.74. The van der Waals surface area contributed by atoms with Crippen molar-refractivity contribution in [2.24, 2.45) is 5.92 Å². The van der Waals surface area contributed by atoms with Gasteiger partial charge >= 0.3 is 0 Å². The SMILES string of the molecule is CC1CCCC(NC(=O)c2ccc(Cl)c(S(=O)(=O)N(C)C)c2)C1. The van der Waals surface area contributed by atoms with Crippen molar-refractivity contribution in [2.45, 2.75) is 43.5 Å². The quantitative estimate of drug-likeness (QED) is 0.899. The lowest BCUT2D eigenvalue weighted by Crippen LogP contribution is -2.38. The van der Waals surface area contributed by atoms with Crippen LogP contribution < -0.4 is 5.32 Å². The van der Waals surface area contributed by atoms with Gasteiger partial charge in [0.05, 0.1) is 5.02 Å². The predicted octanol–water partition coefficient (Wildman–Crippen LogP) is 2.90. The highest BCUT2D eigenvalue weighted by atomic mass is 35.5. The maximum Gasteiger partial charge on any atom is 0.251 e. The van der Waals surface area contributed by atoms with Gasteiger partial charge in [0.25, 0.3) is 5.91 Å². The molecule has 0 bridgehead atoms. The van der Waals surface area contributed by atoms with Gasteiger partial charge in [-0.2, -0.15) is 0 Å². The molecule has 0 spiro atoms. The molecule has 128 valence electrons. The molecule has 1 saturated carbocycles. The van der Waals surface area contributed by atoms with E-state index in [1.165, 1.54) is 32.6 Å². The fourth-order valence-corrected chi connectivity index (χ4v) is 4.27. The maximum absolute atomic E-state index is 12.4. The summed E-state index contributed by atoms with van der Waals surface area (Å²) in [5.74, 6) is 0.347. The molecule has 23 heavy (non-hydrogen) atoms. The summed E-state index contributed by atoms with van der Waals surface area (Å²) in [7, 11) is -0.819. The van der Waals surface area contributed by atoms with Crippen molar-refractivity contribution >= 4 is 27.5 Å². The minimum absolute atomic E-state index is 0.0474. The van der Waals surface area contributed by atoms with Crippen molar-refractivity contribution in [3.8, 4) is 0 Å². The van der Waals surface area contributed by atoms with Crippen molar-refractivity contribution in [3.05, 3.63) is 28.8 Å². The van der Waals surface area contributed by atoms with Gasteiger partial charge in [-0.1, -0.05) is 31.4 Å². The lowest BCUT2D eigenvalue weighted by molar-refractivity contribution is 0.0921. The summed E-state index contributed by atoms with van der Waals surface area (Å²) in [5, 5.41) is 3.12. The van der Waals surface area contributed by atoms with Crippen LogP contribution >= 0.6 is 11.6 Å². The van der Waals surface area contributed by atoms with Crippen LogP contribution in [0.25, 0.3) is 0 Å². The Morgan fingerprint density at radius 1 is 1.30 bits per heavy atom. The van der Waals surface area contributed by atoms with Gasteiger partial charge in [-0.15, -0.1) is 0 Å². The van der Waals surface area contributed by atoms with E-state index in [1.807, 2.05) is 0 Å². The summed E-state index contributed by atoms with van der Waals surface area (Å²) in [6.07, 6.45) is 4.22. The van der Waals surface area contributed by atoms with Gasteiger partial charge in [0.2, 0.25) is 10.0 Å². The van der Waals surface area contributed by atoms with E-state index in [0.717, 1.165) is 23.6 Å². The third-order valence-corrected chi connectivity index (χ3v) is 6.52. The van der Waals surface area contributed by atoms with Crippen LogP contribution in [0.1, 0.15) is 43.0 Å². The molecular weight excluding hydrogens is 336 g/mol. The van der Waals surface area contributed by atoms with Crippen molar-refractivity contribution in [3.63, 3.8) is 0 Å². The molecule has 0 saturated heterocycles. The van der Waals surface area contributed by atoms with Gasteiger partial charge in [0.1, 0.15) is 4.90 Å². The summed E-state index contributed by atoms with van der Waals surface area (Å²) in [6.45, 7) is 2.18. The summed E-state index contributed by atoms with van der Waals surface area (Å²) in [5.41, 5.74) is 0.313. The molecule has 0 heterocycles. The van der Waals surface area contributed by atoms with E-state index in [2.05, 4.69) is 12.2 Å². The molecule has 1 fully saturated rings. The highest BCUT2D eigenvalue weighted by Gasteiger charge is 2.24. The van der Waals surface area contributed by atoms with E-state index in [4.69, 9.17) is 11.6 Å². The highest BCUT2D eigenvalue weighted by molar-refractivity contribution is 7.89. The summed E-state index contributed by atoms with van der Waals surface area (Å²) >= 11 is 6.00. The predicted molar refractivity (Wildman–Crippen MR) is 91.2 cm³/mol. The molecule has 7 heteroatoms. The van der Waals surface area contributed by atoms with Crippen LogP contribution in [0.5, 0.6) is 0 Å². The molecule has 2 rings (SSSR count). The van der Waals surface area contributed by atoms with Crippen LogP contribution in [0.4, 0.5) is 0 Å². The molecule has 5 nitrogen and oxygen atoms in total. The zero-order valence-electron chi connectivity index (χ0n) is 13.7. The number of hydrogen-bond acceptors (Lipinski definition) is 3. The number of halogens is 1. The smallest absolute Gasteiger partial charge is 0.251 e. The van der Waals surface area contributed by atoms with E-state index < -0.39 is 10.0 Å².